The average Bonchev–Trinajstić information content (AvgIpc) is 3.32. The summed E-state index contributed by atoms with van der Waals surface area (Å²) in [5.41, 5.74) is 1.56. The van der Waals surface area contributed by atoms with Crippen LogP contribution in [0, 0.1) is 5.82 Å². The Morgan fingerprint density at radius 3 is 2.48 bits per heavy atom. The number of halogens is 2. The summed E-state index contributed by atoms with van der Waals surface area (Å²) in [5, 5.41) is 3.52. The second-order valence-corrected chi connectivity index (χ2v) is 13.8. The van der Waals surface area contributed by atoms with E-state index in [9.17, 15) is 21.2 Å². The molecule has 0 saturated carbocycles. The number of hydrogen-bond donors (Lipinski definition) is 1. The van der Waals surface area contributed by atoms with Gasteiger partial charge in [0.1, 0.15) is 20.7 Å². The number of rotatable bonds is 6. The molecule has 7 nitrogen and oxygen atoms in total. The third-order valence-corrected chi connectivity index (χ3v) is 11.0. The molecule has 176 valence electrons. The van der Waals surface area contributed by atoms with Crippen LogP contribution >= 0.6 is 22.9 Å². The highest BCUT2D eigenvalue weighted by Crippen LogP contribution is 2.39. The van der Waals surface area contributed by atoms with E-state index in [4.69, 9.17) is 11.6 Å². The third-order valence-electron chi connectivity index (χ3n) is 5.71. The number of aromatic nitrogens is 1. The van der Waals surface area contributed by atoms with Crippen molar-refractivity contribution in [3.8, 4) is 11.3 Å². The molecule has 4 rings (SSSR count). The summed E-state index contributed by atoms with van der Waals surface area (Å²) >= 11 is 7.45. The van der Waals surface area contributed by atoms with E-state index in [1.54, 1.807) is 24.3 Å². The van der Waals surface area contributed by atoms with Crippen LogP contribution in [0.25, 0.3) is 11.3 Å². The lowest BCUT2D eigenvalue weighted by molar-refractivity contribution is 0.354. The van der Waals surface area contributed by atoms with Gasteiger partial charge in [-0.2, -0.15) is 4.31 Å². The van der Waals surface area contributed by atoms with Gasteiger partial charge in [0, 0.05) is 24.1 Å². The normalized spacial score (nSPS) is 19.6. The predicted molar refractivity (Wildman–Crippen MR) is 129 cm³/mol. The summed E-state index contributed by atoms with van der Waals surface area (Å²) in [7, 11) is -7.63. The number of nitrogens with one attached hydrogen (secondary N) is 1. The van der Waals surface area contributed by atoms with Crippen molar-refractivity contribution in [3.05, 3.63) is 58.7 Å². The van der Waals surface area contributed by atoms with Crippen LogP contribution in [-0.2, 0) is 19.9 Å². The van der Waals surface area contributed by atoms with Gasteiger partial charge in [-0.1, -0.05) is 35.1 Å². The number of nitrogens with zero attached hydrogens (tertiary/aromatic N) is 2. The second kappa shape index (κ2) is 8.62. The fraction of sp³-hybridized carbons (Fsp3) is 0.286. The first-order valence-corrected chi connectivity index (χ1v) is 14.5. The van der Waals surface area contributed by atoms with E-state index in [-0.39, 0.29) is 17.9 Å². The highest BCUT2D eigenvalue weighted by molar-refractivity contribution is 7.94. The highest BCUT2D eigenvalue weighted by atomic mass is 35.5. The largest absolute Gasteiger partial charge is 0.331 e. The van der Waals surface area contributed by atoms with E-state index >= 15 is 0 Å². The first-order chi connectivity index (χ1) is 15.4. The Hall–Kier alpha value is -2.05. The molecule has 1 N–H and O–H groups in total. The van der Waals surface area contributed by atoms with E-state index in [1.165, 1.54) is 42.5 Å². The van der Waals surface area contributed by atoms with E-state index in [1.807, 2.05) is 0 Å². The Kier molecular flexibility index (Phi) is 6.29. The molecule has 33 heavy (non-hydrogen) atoms. The summed E-state index contributed by atoms with van der Waals surface area (Å²) < 4.78 is 65.9. The minimum absolute atomic E-state index is 0.00226. The number of benzene rings is 2. The fourth-order valence-corrected chi connectivity index (χ4v) is 8.27. The van der Waals surface area contributed by atoms with E-state index in [0.29, 0.717) is 32.8 Å². The average molecular weight is 530 g/mol. The van der Waals surface area contributed by atoms with Crippen LogP contribution in [0.3, 0.4) is 0 Å². The van der Waals surface area contributed by atoms with Crippen molar-refractivity contribution in [3.63, 3.8) is 0 Å². The predicted octanol–water partition coefficient (Wildman–Crippen LogP) is 4.89. The van der Waals surface area contributed by atoms with Crippen molar-refractivity contribution in [2.24, 2.45) is 0 Å². The minimum atomic E-state index is -4.01. The Bertz CT molecular complexity index is 1410. The van der Waals surface area contributed by atoms with E-state index in [2.05, 4.69) is 10.3 Å². The summed E-state index contributed by atoms with van der Waals surface area (Å²) in [6.07, 6.45) is 1.79. The quantitative estimate of drug-likeness (QED) is 0.488. The summed E-state index contributed by atoms with van der Waals surface area (Å²) in [4.78, 5) is 2.95. The Morgan fingerprint density at radius 2 is 1.85 bits per heavy atom. The molecule has 2 heterocycles. The van der Waals surface area contributed by atoms with Crippen LogP contribution in [0.15, 0.2) is 53.4 Å². The molecule has 1 unspecified atom stereocenters. The molecule has 0 bridgehead atoms. The topological polar surface area (TPSA) is 96.4 Å². The fourth-order valence-electron chi connectivity index (χ4n) is 3.79. The van der Waals surface area contributed by atoms with Crippen molar-refractivity contribution in [2.75, 3.05) is 18.1 Å². The van der Waals surface area contributed by atoms with E-state index in [0.717, 1.165) is 10.6 Å². The van der Waals surface area contributed by atoms with Crippen molar-refractivity contribution in [1.82, 2.24) is 9.29 Å². The molecular weight excluding hydrogens is 509 g/mol. The van der Waals surface area contributed by atoms with Gasteiger partial charge in [0.25, 0.3) is 0 Å². The zero-order valence-corrected chi connectivity index (χ0v) is 21.0. The second-order valence-electron chi connectivity index (χ2n) is 7.93. The van der Waals surface area contributed by atoms with Crippen molar-refractivity contribution in [2.45, 2.75) is 29.5 Å². The number of sulfonamides is 1. The lowest BCUT2D eigenvalue weighted by atomic mass is 10.2. The molecule has 1 aromatic heterocycles. The molecule has 0 spiro atoms. The molecule has 1 fully saturated rings. The van der Waals surface area contributed by atoms with Gasteiger partial charge in [-0.25, -0.2) is 26.2 Å². The minimum Gasteiger partial charge on any atom is -0.331 e. The lowest BCUT2D eigenvalue weighted by Crippen LogP contribution is -2.50. The van der Waals surface area contributed by atoms with Crippen LogP contribution in [0.2, 0.25) is 4.34 Å². The monoisotopic (exact) mass is 529 g/mol. The molecule has 1 aliphatic heterocycles. The Morgan fingerprint density at radius 1 is 1.15 bits per heavy atom. The molecule has 1 atom stereocenters. The maximum atomic E-state index is 13.5. The zero-order chi connectivity index (χ0) is 24.0. The molecule has 2 aromatic carbocycles. The number of sulfone groups is 1. The van der Waals surface area contributed by atoms with Crippen LogP contribution < -0.4 is 5.32 Å². The summed E-state index contributed by atoms with van der Waals surface area (Å²) in [6.45, 7) is 1.59. The number of hydrogen-bond acceptors (Lipinski definition) is 7. The smallest absolute Gasteiger partial charge is 0.244 e. The van der Waals surface area contributed by atoms with Gasteiger partial charge >= 0.3 is 0 Å². The van der Waals surface area contributed by atoms with Gasteiger partial charge < -0.3 is 5.32 Å². The van der Waals surface area contributed by atoms with Crippen LogP contribution in [-0.4, -0.2) is 43.8 Å². The Balaban J connectivity index is 1.57. The zero-order valence-electron chi connectivity index (χ0n) is 17.7. The SMILES string of the molecule is CC1(S(C)(=O)=O)CCCN1S(=O)(=O)c1ccc(Nc2nc(-c3cccc(F)c3)c(Cl)s2)cc1. The molecular formula is C21H21ClFN3O4S3. The molecule has 1 saturated heterocycles. The van der Waals surface area contributed by atoms with Crippen LogP contribution in [0.4, 0.5) is 15.2 Å². The number of thiazole rings is 1. The highest BCUT2D eigenvalue weighted by Gasteiger charge is 2.51. The molecule has 1 aliphatic rings. The van der Waals surface area contributed by atoms with Gasteiger partial charge in [0.2, 0.25) is 10.0 Å². The van der Waals surface area contributed by atoms with Gasteiger partial charge in [-0.15, -0.1) is 0 Å². The van der Waals surface area contributed by atoms with Crippen LogP contribution in [0.1, 0.15) is 19.8 Å². The van der Waals surface area contributed by atoms with Crippen molar-refractivity contribution >= 4 is 53.6 Å². The van der Waals surface area contributed by atoms with Crippen molar-refractivity contribution in [1.29, 1.82) is 0 Å². The maximum Gasteiger partial charge on any atom is 0.244 e. The van der Waals surface area contributed by atoms with Gasteiger partial charge in [-0.05, 0) is 56.2 Å². The maximum absolute atomic E-state index is 13.5. The molecule has 0 aliphatic carbocycles. The van der Waals surface area contributed by atoms with Gasteiger partial charge in [0.05, 0.1) is 4.90 Å². The molecule has 12 heteroatoms. The number of anilines is 2. The molecule has 0 amide bonds. The first kappa shape index (κ1) is 24.1. The lowest BCUT2D eigenvalue weighted by Gasteiger charge is -2.32. The molecule has 0 radical (unpaired) electrons. The van der Waals surface area contributed by atoms with Gasteiger partial charge in [0.15, 0.2) is 15.0 Å². The first-order valence-electron chi connectivity index (χ1n) is 9.94. The Labute approximate surface area is 201 Å². The summed E-state index contributed by atoms with van der Waals surface area (Å²) in [6, 6.07) is 11.9. The molecule has 3 aromatic rings. The third kappa shape index (κ3) is 4.52. The van der Waals surface area contributed by atoms with E-state index < -0.39 is 30.5 Å². The van der Waals surface area contributed by atoms with Gasteiger partial charge in [-0.3, -0.25) is 0 Å². The summed E-state index contributed by atoms with van der Waals surface area (Å²) in [5.74, 6) is -0.396. The standard InChI is InChI=1S/C21H21ClFN3O4S3/c1-21(32(2,27)28)11-4-12-26(21)33(29,30)17-9-7-16(8-10-17)24-20-25-18(19(22)31-20)14-5-3-6-15(23)13-14/h3,5-10,13H,4,11-12H2,1-2H3,(H,24,25). The van der Waals surface area contributed by atoms with Crippen LogP contribution in [0.5, 0.6) is 0 Å². The van der Waals surface area contributed by atoms with Crippen molar-refractivity contribution < 1.29 is 21.2 Å².